The van der Waals surface area contributed by atoms with E-state index in [1.54, 1.807) is 0 Å². The molecule has 0 bridgehead atoms. The zero-order valence-electron chi connectivity index (χ0n) is 6.34. The van der Waals surface area contributed by atoms with E-state index in [1.165, 1.54) is 0 Å². The Bertz CT molecular complexity index is 110. The van der Waals surface area contributed by atoms with E-state index in [0.717, 1.165) is 6.61 Å². The fourth-order valence-electron chi connectivity index (χ4n) is 1.31. The number of hydrogen-bond donors (Lipinski definition) is 2. The molecule has 10 heavy (non-hydrogen) atoms. The van der Waals surface area contributed by atoms with Crippen molar-refractivity contribution in [3.63, 3.8) is 0 Å². The van der Waals surface area contributed by atoms with Crippen molar-refractivity contribution in [2.45, 2.75) is 31.5 Å². The molecule has 1 rings (SSSR count). The zero-order valence-corrected chi connectivity index (χ0v) is 6.34. The molecule has 1 aliphatic rings. The van der Waals surface area contributed by atoms with E-state index in [1.807, 2.05) is 6.92 Å². The maximum absolute atomic E-state index is 9.41. The molecule has 3 nitrogen and oxygen atoms in total. The summed E-state index contributed by atoms with van der Waals surface area (Å²) >= 11 is 0. The average Bonchev–Trinajstić information content (AvgIpc) is 1.85. The van der Waals surface area contributed by atoms with Crippen molar-refractivity contribution in [1.82, 2.24) is 0 Å². The molecule has 60 valence electrons. The van der Waals surface area contributed by atoms with Gasteiger partial charge in [-0.05, 0) is 6.92 Å². The Balaban J connectivity index is 2.16. The van der Waals surface area contributed by atoms with Gasteiger partial charge in [0, 0.05) is 26.0 Å². The van der Waals surface area contributed by atoms with Gasteiger partial charge in [0.1, 0.15) is 0 Å². The number of rotatable bonds is 3. The number of aliphatic hydroxyl groups is 1. The quantitative estimate of drug-likeness (QED) is 0.582. The van der Waals surface area contributed by atoms with Crippen LogP contribution >= 0.6 is 0 Å². The van der Waals surface area contributed by atoms with E-state index in [4.69, 9.17) is 10.5 Å². The highest BCUT2D eigenvalue weighted by Crippen LogP contribution is 2.33. The Morgan fingerprint density at radius 1 is 1.70 bits per heavy atom. The van der Waals surface area contributed by atoms with Crippen molar-refractivity contribution in [3.8, 4) is 0 Å². The van der Waals surface area contributed by atoms with Gasteiger partial charge in [0.25, 0.3) is 0 Å². The first-order chi connectivity index (χ1) is 4.70. The smallest absolute Gasteiger partial charge is 0.0818 e. The Kier molecular flexibility index (Phi) is 2.28. The largest absolute Gasteiger partial charge is 0.388 e. The van der Waals surface area contributed by atoms with Crippen LogP contribution in [0.3, 0.4) is 0 Å². The minimum atomic E-state index is -0.611. The molecule has 0 radical (unpaired) electrons. The molecule has 0 heterocycles. The van der Waals surface area contributed by atoms with Crippen LogP contribution in [-0.2, 0) is 4.74 Å². The summed E-state index contributed by atoms with van der Waals surface area (Å²) < 4.78 is 5.26. The highest BCUT2D eigenvalue weighted by atomic mass is 16.5. The molecule has 0 aromatic rings. The van der Waals surface area contributed by atoms with Crippen molar-refractivity contribution in [1.29, 1.82) is 0 Å². The van der Waals surface area contributed by atoms with Gasteiger partial charge < -0.3 is 15.6 Å². The van der Waals surface area contributed by atoms with Gasteiger partial charge in [-0.1, -0.05) is 0 Å². The van der Waals surface area contributed by atoms with E-state index < -0.39 is 5.60 Å². The van der Waals surface area contributed by atoms with Crippen molar-refractivity contribution in [3.05, 3.63) is 0 Å². The van der Waals surface area contributed by atoms with E-state index >= 15 is 0 Å². The number of hydrogen-bond acceptors (Lipinski definition) is 3. The van der Waals surface area contributed by atoms with Crippen LogP contribution in [0.15, 0.2) is 0 Å². The first kappa shape index (κ1) is 7.98. The maximum atomic E-state index is 9.41. The van der Waals surface area contributed by atoms with Gasteiger partial charge in [-0.3, -0.25) is 0 Å². The minimum absolute atomic E-state index is 0.249. The fourth-order valence-corrected chi connectivity index (χ4v) is 1.31. The normalized spacial score (nSPS) is 39.3. The average molecular weight is 145 g/mol. The summed E-state index contributed by atoms with van der Waals surface area (Å²) in [5.74, 6) is 0. The van der Waals surface area contributed by atoms with Gasteiger partial charge in [0.2, 0.25) is 0 Å². The lowest BCUT2D eigenvalue weighted by molar-refractivity contribution is -0.131. The fraction of sp³-hybridized carbons (Fsp3) is 1.00. The topological polar surface area (TPSA) is 55.5 Å². The van der Waals surface area contributed by atoms with Gasteiger partial charge in [-0.15, -0.1) is 0 Å². The predicted molar refractivity (Wildman–Crippen MR) is 38.7 cm³/mol. The molecule has 0 amide bonds. The molecule has 1 aliphatic carbocycles. The number of ether oxygens (including phenoxy) is 1. The molecule has 0 atom stereocenters. The summed E-state index contributed by atoms with van der Waals surface area (Å²) in [7, 11) is 0. The van der Waals surface area contributed by atoms with Gasteiger partial charge in [-0.25, -0.2) is 0 Å². The summed E-state index contributed by atoms with van der Waals surface area (Å²) in [5, 5.41) is 9.41. The van der Waals surface area contributed by atoms with E-state index in [9.17, 15) is 5.11 Å². The SMILES string of the molecule is CCOC1CC(O)(CN)C1. The second-order valence-corrected chi connectivity index (χ2v) is 2.91. The van der Waals surface area contributed by atoms with Crippen molar-refractivity contribution in [2.75, 3.05) is 13.2 Å². The lowest BCUT2D eigenvalue weighted by Crippen LogP contribution is -2.53. The molecular weight excluding hydrogens is 130 g/mol. The van der Waals surface area contributed by atoms with Crippen LogP contribution < -0.4 is 5.73 Å². The third kappa shape index (κ3) is 1.48. The Labute approximate surface area is 61.2 Å². The van der Waals surface area contributed by atoms with E-state index in [0.29, 0.717) is 19.4 Å². The monoisotopic (exact) mass is 145 g/mol. The molecule has 0 aromatic carbocycles. The maximum Gasteiger partial charge on any atom is 0.0818 e. The van der Waals surface area contributed by atoms with Gasteiger partial charge in [0.05, 0.1) is 11.7 Å². The molecule has 0 spiro atoms. The summed E-state index contributed by atoms with van der Waals surface area (Å²) in [4.78, 5) is 0. The predicted octanol–water partition coefficient (Wildman–Crippen LogP) is -0.125. The zero-order chi connectivity index (χ0) is 7.61. The number of nitrogens with two attached hydrogens (primary N) is 1. The third-order valence-corrected chi connectivity index (χ3v) is 2.00. The highest BCUT2D eigenvalue weighted by molar-refractivity contribution is 4.95. The first-order valence-electron chi connectivity index (χ1n) is 3.74. The lowest BCUT2D eigenvalue weighted by atomic mass is 9.77. The molecule has 3 N–H and O–H groups in total. The standard InChI is InChI=1S/C7H15NO2/c1-2-10-6-3-7(9,4-6)5-8/h6,9H,2-5,8H2,1H3. The van der Waals surface area contributed by atoms with Crippen LogP contribution in [0.2, 0.25) is 0 Å². The second kappa shape index (κ2) is 2.86. The summed E-state index contributed by atoms with van der Waals surface area (Å²) in [5.41, 5.74) is 4.71. The van der Waals surface area contributed by atoms with Crippen LogP contribution in [0.4, 0.5) is 0 Å². The van der Waals surface area contributed by atoms with Gasteiger partial charge >= 0.3 is 0 Å². The minimum Gasteiger partial charge on any atom is -0.388 e. The van der Waals surface area contributed by atoms with E-state index in [-0.39, 0.29) is 6.10 Å². The molecule has 3 heteroatoms. The molecule has 0 aliphatic heterocycles. The summed E-state index contributed by atoms with van der Waals surface area (Å²) in [6.45, 7) is 3.04. The van der Waals surface area contributed by atoms with Crippen LogP contribution in [-0.4, -0.2) is 30.0 Å². The van der Waals surface area contributed by atoms with Crippen LogP contribution in [0, 0.1) is 0 Å². The molecule has 0 saturated heterocycles. The first-order valence-corrected chi connectivity index (χ1v) is 3.74. The summed E-state index contributed by atoms with van der Waals surface area (Å²) in [6.07, 6.45) is 1.66. The molecular formula is C7H15NO2. The van der Waals surface area contributed by atoms with Crippen LogP contribution in [0.25, 0.3) is 0 Å². The highest BCUT2D eigenvalue weighted by Gasteiger charge is 2.41. The molecule has 1 fully saturated rings. The third-order valence-electron chi connectivity index (χ3n) is 2.00. The van der Waals surface area contributed by atoms with Gasteiger partial charge in [-0.2, -0.15) is 0 Å². The van der Waals surface area contributed by atoms with Crippen molar-refractivity contribution >= 4 is 0 Å². The van der Waals surface area contributed by atoms with E-state index in [2.05, 4.69) is 0 Å². The molecule has 0 aromatic heterocycles. The van der Waals surface area contributed by atoms with Crippen LogP contribution in [0.1, 0.15) is 19.8 Å². The van der Waals surface area contributed by atoms with Crippen molar-refractivity contribution < 1.29 is 9.84 Å². The second-order valence-electron chi connectivity index (χ2n) is 2.91. The van der Waals surface area contributed by atoms with Gasteiger partial charge in [0.15, 0.2) is 0 Å². The lowest BCUT2D eigenvalue weighted by Gasteiger charge is -2.42. The molecule has 0 unspecified atom stereocenters. The summed E-state index contributed by atoms with van der Waals surface area (Å²) in [6, 6.07) is 0. The van der Waals surface area contributed by atoms with Crippen molar-refractivity contribution in [2.24, 2.45) is 5.73 Å². The Hall–Kier alpha value is -0.120. The van der Waals surface area contributed by atoms with Crippen LogP contribution in [0.5, 0.6) is 0 Å². The Morgan fingerprint density at radius 2 is 2.30 bits per heavy atom. The Morgan fingerprint density at radius 3 is 2.70 bits per heavy atom. The molecule has 1 saturated carbocycles.